The summed E-state index contributed by atoms with van der Waals surface area (Å²) in [6.45, 7) is 1.03. The Hall–Kier alpha value is -4.42. The lowest BCUT2D eigenvalue weighted by molar-refractivity contribution is -0.123. The molecule has 4 aromatic rings. The van der Waals surface area contributed by atoms with Crippen molar-refractivity contribution >= 4 is 45.7 Å². The smallest absolute Gasteiger partial charge is 0.407 e. The van der Waals surface area contributed by atoms with Crippen LogP contribution in [0.15, 0.2) is 29.3 Å². The van der Waals surface area contributed by atoms with Gasteiger partial charge < -0.3 is 21.1 Å². The van der Waals surface area contributed by atoms with Gasteiger partial charge in [0.15, 0.2) is 5.65 Å². The topological polar surface area (TPSA) is 164 Å². The van der Waals surface area contributed by atoms with Crippen LogP contribution in [0.3, 0.4) is 0 Å². The lowest BCUT2D eigenvalue weighted by Crippen LogP contribution is -2.36. The van der Waals surface area contributed by atoms with E-state index in [9.17, 15) is 14.4 Å². The molecular formula is C26H31N9O4. The van der Waals surface area contributed by atoms with Gasteiger partial charge in [0.25, 0.3) is 0 Å². The van der Waals surface area contributed by atoms with Gasteiger partial charge in [0.05, 0.1) is 31.9 Å². The van der Waals surface area contributed by atoms with Gasteiger partial charge >= 0.3 is 11.8 Å². The highest BCUT2D eigenvalue weighted by molar-refractivity contribution is 5.90. The van der Waals surface area contributed by atoms with Crippen LogP contribution in [0.4, 0.5) is 16.4 Å². The molecule has 2 amide bonds. The summed E-state index contributed by atoms with van der Waals surface area (Å²) in [5, 5.41) is 10.8. The lowest BCUT2D eigenvalue weighted by Gasteiger charge is -2.15. The number of rotatable bonds is 6. The molecule has 0 saturated heterocycles. The molecule has 6 rings (SSSR count). The summed E-state index contributed by atoms with van der Waals surface area (Å²) in [6.07, 6.45) is 3.40. The van der Waals surface area contributed by atoms with Gasteiger partial charge in [-0.05, 0) is 50.2 Å². The first-order valence-electron chi connectivity index (χ1n) is 14.6. The van der Waals surface area contributed by atoms with Crippen molar-refractivity contribution in [2.24, 2.45) is 18.6 Å². The van der Waals surface area contributed by atoms with Gasteiger partial charge in [-0.15, -0.1) is 0 Å². The summed E-state index contributed by atoms with van der Waals surface area (Å²) in [5.74, 6) is 0.213. The Bertz CT molecular complexity index is 1860. The third-order valence-electron chi connectivity index (χ3n) is 7.93. The second-order valence-electron chi connectivity index (χ2n) is 10.3. The van der Waals surface area contributed by atoms with E-state index in [2.05, 4.69) is 25.5 Å². The predicted octanol–water partition coefficient (Wildman–Crippen LogP) is 2.20. The Kier molecular flexibility index (Phi) is 4.64. The number of nitrogens with two attached hydrogens (primary N) is 1. The van der Waals surface area contributed by atoms with E-state index >= 15 is 0 Å². The first-order valence-corrected chi connectivity index (χ1v) is 12.6. The summed E-state index contributed by atoms with van der Waals surface area (Å²) in [4.78, 5) is 46.8. The van der Waals surface area contributed by atoms with Gasteiger partial charge in [0, 0.05) is 34.6 Å². The monoisotopic (exact) mass is 537 g/mol. The zero-order chi connectivity index (χ0) is 31.1. The maximum Gasteiger partial charge on any atom is 0.407 e. The number of amides is 2. The highest BCUT2D eigenvalue weighted by Gasteiger charge is 2.59. The van der Waals surface area contributed by atoms with Gasteiger partial charge in [-0.1, -0.05) is 6.92 Å². The van der Waals surface area contributed by atoms with Crippen molar-refractivity contribution < 1.29 is 19.8 Å². The number of pyridine rings is 2. The second kappa shape index (κ2) is 8.82. The Labute approximate surface area is 229 Å². The largest absolute Gasteiger partial charge is 0.453 e. The zero-order valence-corrected chi connectivity index (χ0v) is 21.7. The molecule has 0 radical (unpaired) electrons. The van der Waals surface area contributed by atoms with E-state index in [1.807, 2.05) is 13.8 Å². The number of primary amides is 1. The van der Waals surface area contributed by atoms with Crippen LogP contribution in [-0.2, 0) is 22.0 Å². The Morgan fingerprint density at radius 1 is 1.26 bits per heavy atom. The summed E-state index contributed by atoms with van der Waals surface area (Å²) >= 11 is 0. The van der Waals surface area contributed by atoms with E-state index in [-0.39, 0.29) is 30.1 Å². The number of fused-ring (bicyclic) bond motifs is 2. The van der Waals surface area contributed by atoms with Gasteiger partial charge in [-0.3, -0.25) is 13.9 Å². The number of aromatic nitrogens is 6. The molecule has 39 heavy (non-hydrogen) atoms. The van der Waals surface area contributed by atoms with Crippen molar-refractivity contribution in [1.82, 2.24) is 34.2 Å². The van der Waals surface area contributed by atoms with Crippen molar-refractivity contribution in [3.63, 3.8) is 0 Å². The van der Waals surface area contributed by atoms with Gasteiger partial charge in [0.1, 0.15) is 17.2 Å². The molecule has 0 aliphatic heterocycles. The summed E-state index contributed by atoms with van der Waals surface area (Å²) in [6, 6.07) is 1.39. The highest BCUT2D eigenvalue weighted by atomic mass is 16.5. The molecule has 4 heterocycles. The molecule has 2 aliphatic carbocycles. The van der Waals surface area contributed by atoms with Crippen LogP contribution in [0.25, 0.3) is 22.1 Å². The van der Waals surface area contributed by atoms with Crippen molar-refractivity contribution in [3.05, 3.63) is 40.6 Å². The number of ether oxygens (including phenoxy) is 1. The number of imidazole rings is 1. The quantitative estimate of drug-likeness (QED) is 0.337. The number of hydrogen-bond acceptors (Lipinski definition) is 8. The minimum atomic E-state index is -2.78. The van der Waals surface area contributed by atoms with E-state index < -0.39 is 42.3 Å². The number of anilines is 2. The van der Waals surface area contributed by atoms with Crippen LogP contribution in [0.5, 0.6) is 0 Å². The maximum atomic E-state index is 13.5. The molecule has 0 bridgehead atoms. The van der Waals surface area contributed by atoms with E-state index in [4.69, 9.17) is 16.2 Å². The average Bonchev–Trinajstić information content (AvgIpc) is 3.19. The number of nitrogens with zero attached hydrogens (tertiary/aromatic N) is 6. The van der Waals surface area contributed by atoms with Gasteiger partial charge in [-0.2, -0.15) is 5.10 Å². The SMILES string of the molecule is [2H]C1(NC(=O)OC)CCC(n2c(=O)n(C([2H])([2H])[2H])c3cnc(Nc4cc(C)c5cnn(C6(C(N)=O)CC6C)c5n4)cc32)C1. The van der Waals surface area contributed by atoms with E-state index in [1.54, 1.807) is 23.0 Å². The normalized spacial score (nSPS) is 28.0. The zero-order valence-electron chi connectivity index (χ0n) is 25.7. The number of nitrogens with one attached hydrogen (secondary N) is 2. The fourth-order valence-electron chi connectivity index (χ4n) is 5.69. The van der Waals surface area contributed by atoms with Crippen molar-refractivity contribution in [1.29, 1.82) is 0 Å². The number of methoxy groups -OCH3 is 1. The van der Waals surface area contributed by atoms with E-state index in [0.29, 0.717) is 34.4 Å². The maximum absolute atomic E-state index is 13.5. The number of carbonyl (C=O) groups excluding carboxylic acids is 2. The molecule has 4 atom stereocenters. The molecule has 2 fully saturated rings. The minimum absolute atomic E-state index is 0.00996. The molecule has 13 nitrogen and oxygen atoms in total. The molecule has 2 saturated carbocycles. The molecule has 2 aliphatic rings. The molecule has 0 aromatic carbocycles. The van der Waals surface area contributed by atoms with Crippen molar-refractivity contribution in [3.8, 4) is 0 Å². The number of hydrogen-bond donors (Lipinski definition) is 3. The molecule has 4 aromatic heterocycles. The molecule has 4 unspecified atom stereocenters. The Morgan fingerprint density at radius 3 is 2.74 bits per heavy atom. The summed E-state index contributed by atoms with van der Waals surface area (Å²) in [7, 11) is 1.20. The van der Waals surface area contributed by atoms with Crippen LogP contribution < -0.4 is 22.1 Å². The van der Waals surface area contributed by atoms with Crippen LogP contribution >= 0.6 is 0 Å². The van der Waals surface area contributed by atoms with Crippen molar-refractivity contribution in [2.75, 3.05) is 12.4 Å². The molecule has 0 spiro atoms. The first-order chi connectivity index (χ1) is 20.2. The number of aryl methyl sites for hydroxylation is 2. The fraction of sp³-hybridized carbons (Fsp3) is 0.462. The molecule has 13 heteroatoms. The molecule has 4 N–H and O–H groups in total. The van der Waals surface area contributed by atoms with Crippen LogP contribution in [0, 0.1) is 12.8 Å². The third kappa shape index (κ3) is 3.82. The van der Waals surface area contributed by atoms with Crippen molar-refractivity contribution in [2.45, 2.75) is 57.1 Å². The van der Waals surface area contributed by atoms with Gasteiger partial charge in [-0.25, -0.2) is 24.2 Å². The van der Waals surface area contributed by atoms with Crippen LogP contribution in [0.2, 0.25) is 0 Å². The van der Waals surface area contributed by atoms with Gasteiger partial charge in [0.2, 0.25) is 5.91 Å². The van der Waals surface area contributed by atoms with Crippen LogP contribution in [-0.4, -0.2) is 54.0 Å². The molecular weight excluding hydrogens is 502 g/mol. The average molecular weight is 538 g/mol. The first kappa shape index (κ1) is 20.5. The summed E-state index contributed by atoms with van der Waals surface area (Å²) in [5.41, 5.74) is 5.76. The number of carbonyl (C=O) groups is 2. The fourth-order valence-corrected chi connectivity index (χ4v) is 5.69. The highest BCUT2D eigenvalue weighted by Crippen LogP contribution is 2.50. The predicted molar refractivity (Wildman–Crippen MR) is 144 cm³/mol. The van der Waals surface area contributed by atoms with E-state index in [1.165, 1.54) is 17.9 Å². The molecule has 204 valence electrons. The minimum Gasteiger partial charge on any atom is -0.453 e. The Balaban J connectivity index is 1.41. The third-order valence-corrected chi connectivity index (χ3v) is 7.93. The standard InChI is InChI=1S/C26H31N9O4/c1-13-7-21(32-22-17(13)11-29-35(22)26(23(27)36)10-14(26)2)31-20-9-18-19(12-28-20)33(3)25(38)34(18)16-6-5-15(8-16)30-24(37)39-4/h7,9,11-12,14-16H,5-6,8,10H2,1-4H3,(H2,27,36)(H,30,37)(H,28,31,32)/i3D3,15D. The Morgan fingerprint density at radius 2 is 2.05 bits per heavy atom. The summed E-state index contributed by atoms with van der Waals surface area (Å²) < 4.78 is 40.9. The van der Waals surface area contributed by atoms with Crippen LogP contribution in [0.1, 0.15) is 49.7 Å². The van der Waals surface area contributed by atoms with E-state index in [0.717, 1.165) is 10.9 Å². The number of alkyl carbamates (subject to hydrolysis) is 1. The second-order valence-corrected chi connectivity index (χ2v) is 10.3. The lowest BCUT2D eigenvalue weighted by atomic mass is 10.2.